The van der Waals surface area contributed by atoms with E-state index in [0.29, 0.717) is 23.8 Å². The van der Waals surface area contributed by atoms with Gasteiger partial charge >= 0.3 is 0 Å². The Morgan fingerprint density at radius 2 is 2.31 bits per heavy atom. The molecule has 2 N–H and O–H groups in total. The van der Waals surface area contributed by atoms with Gasteiger partial charge in [-0.15, -0.1) is 0 Å². The van der Waals surface area contributed by atoms with Crippen LogP contribution in [0.2, 0.25) is 0 Å². The lowest BCUT2D eigenvalue weighted by Crippen LogP contribution is -2.11. The zero-order valence-electron chi connectivity index (χ0n) is 8.46. The van der Waals surface area contributed by atoms with Crippen LogP contribution in [0.5, 0.6) is 0 Å². The van der Waals surface area contributed by atoms with Crippen molar-refractivity contribution in [3.8, 4) is 11.5 Å². The minimum atomic E-state index is -0.391. The number of pyridine rings is 1. The Bertz CT molecular complexity index is 481. The van der Waals surface area contributed by atoms with Crippen molar-refractivity contribution in [2.45, 2.75) is 12.8 Å². The second-order valence-corrected chi connectivity index (χ2v) is 3.19. The molecule has 0 saturated carbocycles. The molecule has 0 aromatic carbocycles. The van der Waals surface area contributed by atoms with E-state index in [1.165, 1.54) is 0 Å². The van der Waals surface area contributed by atoms with Gasteiger partial charge in [-0.2, -0.15) is 4.98 Å². The summed E-state index contributed by atoms with van der Waals surface area (Å²) >= 11 is 0. The number of rotatable bonds is 4. The van der Waals surface area contributed by atoms with Crippen LogP contribution in [0.25, 0.3) is 11.5 Å². The van der Waals surface area contributed by atoms with Gasteiger partial charge in [0.2, 0.25) is 17.6 Å². The van der Waals surface area contributed by atoms with E-state index in [-0.39, 0.29) is 6.42 Å². The van der Waals surface area contributed by atoms with E-state index >= 15 is 0 Å². The van der Waals surface area contributed by atoms with Gasteiger partial charge in [-0.1, -0.05) is 11.2 Å². The van der Waals surface area contributed by atoms with Crippen LogP contribution in [0, 0.1) is 0 Å². The fourth-order valence-electron chi connectivity index (χ4n) is 1.19. The number of aryl methyl sites for hydroxylation is 1. The number of primary amides is 1. The Balaban J connectivity index is 2.11. The standard InChI is InChI=1S/C10H10N4O2/c11-8(15)4-5-9-13-10(14-16-9)7-3-1-2-6-12-7/h1-3,6H,4-5H2,(H2,11,15). The Kier molecular flexibility index (Phi) is 2.90. The predicted molar refractivity (Wildman–Crippen MR) is 55.0 cm³/mol. The first-order valence-corrected chi connectivity index (χ1v) is 4.78. The first-order valence-electron chi connectivity index (χ1n) is 4.78. The Labute approximate surface area is 91.5 Å². The fraction of sp³-hybridized carbons (Fsp3) is 0.200. The zero-order valence-corrected chi connectivity index (χ0v) is 8.46. The molecule has 0 saturated heterocycles. The molecule has 0 bridgehead atoms. The molecule has 0 atom stereocenters. The van der Waals surface area contributed by atoms with E-state index < -0.39 is 5.91 Å². The molecule has 0 radical (unpaired) electrons. The van der Waals surface area contributed by atoms with Gasteiger partial charge in [0.25, 0.3) is 0 Å². The van der Waals surface area contributed by atoms with Crippen molar-refractivity contribution < 1.29 is 9.32 Å². The van der Waals surface area contributed by atoms with Crippen LogP contribution in [0.15, 0.2) is 28.9 Å². The number of nitrogens with two attached hydrogens (primary N) is 1. The molecule has 2 aromatic rings. The summed E-state index contributed by atoms with van der Waals surface area (Å²) in [4.78, 5) is 18.8. The Morgan fingerprint density at radius 1 is 1.44 bits per heavy atom. The number of carbonyl (C=O) groups is 1. The molecule has 0 unspecified atom stereocenters. The summed E-state index contributed by atoms with van der Waals surface area (Å²) in [5, 5.41) is 3.76. The second-order valence-electron chi connectivity index (χ2n) is 3.19. The average Bonchev–Trinajstić information content (AvgIpc) is 2.76. The van der Waals surface area contributed by atoms with Crippen LogP contribution in [-0.4, -0.2) is 21.0 Å². The van der Waals surface area contributed by atoms with Crippen molar-refractivity contribution in [1.82, 2.24) is 15.1 Å². The molecule has 6 nitrogen and oxygen atoms in total. The summed E-state index contributed by atoms with van der Waals surface area (Å²) in [6.45, 7) is 0. The van der Waals surface area contributed by atoms with Crippen molar-refractivity contribution in [2.24, 2.45) is 5.73 Å². The second kappa shape index (κ2) is 4.52. The van der Waals surface area contributed by atoms with Gasteiger partial charge in [-0.25, -0.2) is 0 Å². The summed E-state index contributed by atoms with van der Waals surface area (Å²) in [5.74, 6) is 0.414. The number of nitrogens with zero attached hydrogens (tertiary/aromatic N) is 3. The molecule has 0 spiro atoms. The summed E-state index contributed by atoms with van der Waals surface area (Å²) in [6, 6.07) is 5.42. The van der Waals surface area contributed by atoms with Crippen LogP contribution < -0.4 is 5.73 Å². The lowest BCUT2D eigenvalue weighted by atomic mass is 10.3. The molecule has 1 amide bonds. The molecule has 2 heterocycles. The van der Waals surface area contributed by atoms with E-state index in [0.717, 1.165) is 0 Å². The minimum Gasteiger partial charge on any atom is -0.370 e. The summed E-state index contributed by atoms with van der Waals surface area (Å²) in [5.41, 5.74) is 5.65. The number of hydrogen-bond donors (Lipinski definition) is 1. The van der Waals surface area contributed by atoms with Crippen LogP contribution >= 0.6 is 0 Å². The first kappa shape index (κ1) is 10.3. The molecule has 0 aliphatic rings. The molecule has 0 aliphatic carbocycles. The van der Waals surface area contributed by atoms with E-state index in [1.807, 2.05) is 6.07 Å². The highest BCUT2D eigenvalue weighted by Crippen LogP contribution is 2.12. The Morgan fingerprint density at radius 3 is 3.00 bits per heavy atom. The summed E-state index contributed by atoms with van der Waals surface area (Å²) in [7, 11) is 0. The topological polar surface area (TPSA) is 94.9 Å². The van der Waals surface area contributed by atoms with Crippen LogP contribution in [0.3, 0.4) is 0 Å². The molecule has 0 fully saturated rings. The molecule has 16 heavy (non-hydrogen) atoms. The van der Waals surface area contributed by atoms with Gasteiger partial charge in [-0.3, -0.25) is 9.78 Å². The normalized spacial score (nSPS) is 10.2. The first-order chi connectivity index (χ1) is 7.75. The van der Waals surface area contributed by atoms with Gasteiger partial charge < -0.3 is 10.3 Å². The third-order valence-electron chi connectivity index (χ3n) is 1.95. The summed E-state index contributed by atoms with van der Waals surface area (Å²) in [6.07, 6.45) is 2.20. The highest BCUT2D eigenvalue weighted by atomic mass is 16.5. The highest BCUT2D eigenvalue weighted by molar-refractivity contribution is 5.73. The number of carbonyl (C=O) groups excluding carboxylic acids is 1. The van der Waals surface area contributed by atoms with Crippen molar-refractivity contribution in [1.29, 1.82) is 0 Å². The van der Waals surface area contributed by atoms with E-state index in [9.17, 15) is 4.79 Å². The SMILES string of the molecule is NC(=O)CCc1nc(-c2ccccn2)no1. The third-order valence-corrected chi connectivity index (χ3v) is 1.95. The lowest BCUT2D eigenvalue weighted by molar-refractivity contribution is -0.118. The fourth-order valence-corrected chi connectivity index (χ4v) is 1.19. The molecular formula is C10H10N4O2. The minimum absolute atomic E-state index is 0.198. The quantitative estimate of drug-likeness (QED) is 0.808. The number of amides is 1. The van der Waals surface area contributed by atoms with Crippen molar-refractivity contribution in [2.75, 3.05) is 0 Å². The average molecular weight is 218 g/mol. The number of aromatic nitrogens is 3. The van der Waals surface area contributed by atoms with Crippen molar-refractivity contribution in [3.05, 3.63) is 30.3 Å². The van der Waals surface area contributed by atoms with Crippen LogP contribution in [0.4, 0.5) is 0 Å². The van der Waals surface area contributed by atoms with Crippen LogP contribution in [0.1, 0.15) is 12.3 Å². The van der Waals surface area contributed by atoms with E-state index in [1.54, 1.807) is 18.3 Å². The van der Waals surface area contributed by atoms with Gasteiger partial charge in [0.15, 0.2) is 0 Å². The van der Waals surface area contributed by atoms with Gasteiger partial charge in [-0.05, 0) is 12.1 Å². The monoisotopic (exact) mass is 218 g/mol. The maximum Gasteiger partial charge on any atom is 0.227 e. The zero-order chi connectivity index (χ0) is 11.4. The largest absolute Gasteiger partial charge is 0.370 e. The molecule has 6 heteroatoms. The predicted octanol–water partition coefficient (Wildman–Crippen LogP) is 0.549. The van der Waals surface area contributed by atoms with Gasteiger partial charge in [0.05, 0.1) is 0 Å². The van der Waals surface area contributed by atoms with E-state index in [2.05, 4.69) is 15.1 Å². The lowest BCUT2D eigenvalue weighted by Gasteiger charge is -1.90. The maximum atomic E-state index is 10.6. The molecule has 82 valence electrons. The highest BCUT2D eigenvalue weighted by Gasteiger charge is 2.09. The summed E-state index contributed by atoms with van der Waals surface area (Å²) < 4.78 is 4.96. The Hall–Kier alpha value is -2.24. The molecule has 2 aromatic heterocycles. The van der Waals surface area contributed by atoms with Gasteiger partial charge in [0, 0.05) is 19.0 Å². The maximum absolute atomic E-state index is 10.6. The van der Waals surface area contributed by atoms with Crippen molar-refractivity contribution >= 4 is 5.91 Å². The number of hydrogen-bond acceptors (Lipinski definition) is 5. The smallest absolute Gasteiger partial charge is 0.227 e. The van der Waals surface area contributed by atoms with E-state index in [4.69, 9.17) is 10.3 Å². The van der Waals surface area contributed by atoms with Crippen molar-refractivity contribution in [3.63, 3.8) is 0 Å². The molecular weight excluding hydrogens is 208 g/mol. The van der Waals surface area contributed by atoms with Gasteiger partial charge in [0.1, 0.15) is 5.69 Å². The third kappa shape index (κ3) is 2.41. The van der Waals surface area contributed by atoms with Crippen LogP contribution in [-0.2, 0) is 11.2 Å². The molecule has 2 rings (SSSR count). The molecule has 0 aliphatic heterocycles.